The van der Waals surface area contributed by atoms with E-state index in [-0.39, 0.29) is 17.5 Å². The highest BCUT2D eigenvalue weighted by Gasteiger charge is 2.33. The molecule has 1 atom stereocenters. The highest BCUT2D eigenvalue weighted by molar-refractivity contribution is 6.03. The van der Waals surface area contributed by atoms with Crippen molar-refractivity contribution in [1.29, 1.82) is 0 Å². The zero-order valence-electron chi connectivity index (χ0n) is 9.93. The van der Waals surface area contributed by atoms with Gasteiger partial charge in [0, 0.05) is 0 Å². The number of fused-ring (bicyclic) bond motifs is 1. The first-order valence-electron chi connectivity index (χ1n) is 5.57. The molecule has 2 rings (SSSR count). The third-order valence-corrected chi connectivity index (χ3v) is 2.86. The van der Waals surface area contributed by atoms with E-state index in [0.29, 0.717) is 5.69 Å². The summed E-state index contributed by atoms with van der Waals surface area (Å²) in [6, 6.07) is 2.86. The summed E-state index contributed by atoms with van der Waals surface area (Å²) in [5.74, 6) is -0.253. The first-order valence-corrected chi connectivity index (χ1v) is 5.57. The van der Waals surface area contributed by atoms with Crippen LogP contribution in [0.5, 0.6) is 0 Å². The van der Waals surface area contributed by atoms with Crippen molar-refractivity contribution in [3.8, 4) is 0 Å². The molecule has 0 unspecified atom stereocenters. The van der Waals surface area contributed by atoms with Crippen LogP contribution in [-0.2, 0) is 11.0 Å². The molecule has 1 heterocycles. The molecular formula is C12H13F3N2O. The summed E-state index contributed by atoms with van der Waals surface area (Å²) in [5, 5.41) is 5.45. The predicted octanol–water partition coefficient (Wildman–Crippen LogP) is 3.09. The lowest BCUT2D eigenvalue weighted by Crippen LogP contribution is -2.42. The first kappa shape index (κ1) is 12.7. The fraction of sp³-hybridized carbons (Fsp3) is 0.417. The van der Waals surface area contributed by atoms with Crippen LogP contribution >= 0.6 is 0 Å². The number of hydrogen-bond donors (Lipinski definition) is 2. The van der Waals surface area contributed by atoms with Crippen LogP contribution in [0.1, 0.15) is 19.4 Å². The molecule has 98 valence electrons. The van der Waals surface area contributed by atoms with Crippen molar-refractivity contribution in [3.05, 3.63) is 23.8 Å². The quantitative estimate of drug-likeness (QED) is 0.812. The molecule has 3 nitrogen and oxygen atoms in total. The maximum absolute atomic E-state index is 12.5. The van der Waals surface area contributed by atoms with Gasteiger partial charge in [-0.25, -0.2) is 0 Å². The summed E-state index contributed by atoms with van der Waals surface area (Å²) < 4.78 is 37.6. The van der Waals surface area contributed by atoms with E-state index in [1.807, 2.05) is 13.8 Å². The van der Waals surface area contributed by atoms with Crippen molar-refractivity contribution in [2.24, 2.45) is 5.92 Å². The van der Waals surface area contributed by atoms with Crippen molar-refractivity contribution in [3.63, 3.8) is 0 Å². The van der Waals surface area contributed by atoms with E-state index in [9.17, 15) is 18.0 Å². The van der Waals surface area contributed by atoms with E-state index in [1.165, 1.54) is 6.07 Å². The number of anilines is 2. The van der Waals surface area contributed by atoms with Gasteiger partial charge in [0.1, 0.15) is 6.04 Å². The van der Waals surface area contributed by atoms with Crippen LogP contribution < -0.4 is 10.6 Å². The first-order chi connectivity index (χ1) is 8.29. The van der Waals surface area contributed by atoms with Crippen LogP contribution in [0.4, 0.5) is 24.5 Å². The summed E-state index contributed by atoms with van der Waals surface area (Å²) in [6.07, 6.45) is -4.41. The standard InChI is InChI=1S/C12H13F3N2O/c1-6(2)10-11(18)17-9-5-7(12(13,14)15)3-4-8(9)16-10/h3-6,10,16H,1-2H3,(H,17,18)/t10-/m0/s1. The normalized spacial score (nSPS) is 19.2. The number of benzene rings is 1. The van der Waals surface area contributed by atoms with Gasteiger partial charge >= 0.3 is 6.18 Å². The minimum absolute atomic E-state index is 0.0560. The minimum atomic E-state index is -4.41. The smallest absolute Gasteiger partial charge is 0.372 e. The van der Waals surface area contributed by atoms with Crippen LogP contribution in [0.25, 0.3) is 0 Å². The van der Waals surface area contributed by atoms with Gasteiger partial charge in [-0.3, -0.25) is 4.79 Å². The Morgan fingerprint density at radius 2 is 1.89 bits per heavy atom. The highest BCUT2D eigenvalue weighted by Crippen LogP contribution is 2.36. The van der Waals surface area contributed by atoms with Crippen LogP contribution in [0.2, 0.25) is 0 Å². The Hall–Kier alpha value is -1.72. The molecule has 0 fully saturated rings. The van der Waals surface area contributed by atoms with Crippen molar-refractivity contribution < 1.29 is 18.0 Å². The van der Waals surface area contributed by atoms with Gasteiger partial charge in [0.25, 0.3) is 0 Å². The van der Waals surface area contributed by atoms with Crippen molar-refractivity contribution in [2.45, 2.75) is 26.1 Å². The van der Waals surface area contributed by atoms with E-state index < -0.39 is 17.8 Å². The van der Waals surface area contributed by atoms with Gasteiger partial charge in [-0.15, -0.1) is 0 Å². The summed E-state index contributed by atoms with van der Waals surface area (Å²) in [6.45, 7) is 3.73. The van der Waals surface area contributed by atoms with Crippen LogP contribution in [-0.4, -0.2) is 11.9 Å². The molecule has 2 N–H and O–H groups in total. The van der Waals surface area contributed by atoms with Gasteiger partial charge in [-0.05, 0) is 24.1 Å². The molecule has 18 heavy (non-hydrogen) atoms. The van der Waals surface area contributed by atoms with Gasteiger partial charge in [0.15, 0.2) is 0 Å². The Morgan fingerprint density at radius 3 is 2.44 bits per heavy atom. The Kier molecular flexibility index (Phi) is 2.96. The second-order valence-corrected chi connectivity index (χ2v) is 4.61. The summed E-state index contributed by atoms with van der Waals surface area (Å²) in [5.41, 5.74) is -0.0839. The van der Waals surface area contributed by atoms with Gasteiger partial charge in [-0.2, -0.15) is 13.2 Å². The zero-order chi connectivity index (χ0) is 13.5. The lowest BCUT2D eigenvalue weighted by atomic mass is 10.00. The lowest BCUT2D eigenvalue weighted by molar-refractivity contribution is -0.137. The molecule has 0 radical (unpaired) electrons. The molecule has 1 aliphatic rings. The largest absolute Gasteiger partial charge is 0.416 e. The van der Waals surface area contributed by atoms with Crippen LogP contribution in [0, 0.1) is 5.92 Å². The predicted molar refractivity (Wildman–Crippen MR) is 62.3 cm³/mol. The third kappa shape index (κ3) is 2.27. The fourth-order valence-electron chi connectivity index (χ4n) is 1.86. The van der Waals surface area contributed by atoms with Gasteiger partial charge < -0.3 is 10.6 Å². The maximum Gasteiger partial charge on any atom is 0.416 e. The molecule has 0 aromatic heterocycles. The van der Waals surface area contributed by atoms with Crippen molar-refractivity contribution >= 4 is 17.3 Å². The molecule has 1 amide bonds. The molecule has 1 aromatic carbocycles. The van der Waals surface area contributed by atoms with E-state index >= 15 is 0 Å². The second kappa shape index (κ2) is 4.19. The Labute approximate surface area is 102 Å². The average Bonchev–Trinajstić information content (AvgIpc) is 2.25. The molecule has 0 bridgehead atoms. The van der Waals surface area contributed by atoms with Gasteiger partial charge in [0.2, 0.25) is 5.91 Å². The average molecular weight is 258 g/mol. The molecule has 0 spiro atoms. The highest BCUT2D eigenvalue weighted by atomic mass is 19.4. The zero-order valence-corrected chi connectivity index (χ0v) is 9.93. The molecular weight excluding hydrogens is 245 g/mol. The Balaban J connectivity index is 2.35. The molecule has 0 aliphatic carbocycles. The third-order valence-electron chi connectivity index (χ3n) is 2.86. The SMILES string of the molecule is CC(C)[C@@H]1Nc2ccc(C(F)(F)F)cc2NC1=O. The number of carbonyl (C=O) groups excluding carboxylic acids is 1. The number of carbonyl (C=O) groups is 1. The number of nitrogens with one attached hydrogen (secondary N) is 2. The fourth-order valence-corrected chi connectivity index (χ4v) is 1.86. The molecule has 0 saturated carbocycles. The number of halogens is 3. The number of rotatable bonds is 1. The molecule has 1 aromatic rings. The maximum atomic E-state index is 12.5. The van der Waals surface area contributed by atoms with Crippen LogP contribution in [0.15, 0.2) is 18.2 Å². The molecule has 6 heteroatoms. The van der Waals surface area contributed by atoms with E-state index in [2.05, 4.69) is 10.6 Å². The number of amides is 1. The molecule has 0 saturated heterocycles. The van der Waals surface area contributed by atoms with E-state index in [1.54, 1.807) is 0 Å². The Bertz CT molecular complexity index is 483. The summed E-state index contributed by atoms with van der Waals surface area (Å²) in [4.78, 5) is 11.7. The van der Waals surface area contributed by atoms with E-state index in [4.69, 9.17) is 0 Å². The van der Waals surface area contributed by atoms with Crippen molar-refractivity contribution in [2.75, 3.05) is 10.6 Å². The van der Waals surface area contributed by atoms with E-state index in [0.717, 1.165) is 12.1 Å². The van der Waals surface area contributed by atoms with Crippen molar-refractivity contribution in [1.82, 2.24) is 0 Å². The second-order valence-electron chi connectivity index (χ2n) is 4.61. The number of alkyl halides is 3. The van der Waals surface area contributed by atoms with Gasteiger partial charge in [-0.1, -0.05) is 13.8 Å². The summed E-state index contributed by atoms with van der Waals surface area (Å²) >= 11 is 0. The number of hydrogen-bond acceptors (Lipinski definition) is 2. The van der Waals surface area contributed by atoms with Crippen LogP contribution in [0.3, 0.4) is 0 Å². The lowest BCUT2D eigenvalue weighted by Gasteiger charge is -2.29. The topological polar surface area (TPSA) is 41.1 Å². The Morgan fingerprint density at radius 1 is 1.22 bits per heavy atom. The minimum Gasteiger partial charge on any atom is -0.372 e. The summed E-state index contributed by atoms with van der Waals surface area (Å²) in [7, 11) is 0. The van der Waals surface area contributed by atoms with Gasteiger partial charge in [0.05, 0.1) is 16.9 Å². The monoisotopic (exact) mass is 258 g/mol. The molecule has 1 aliphatic heterocycles.